The molecule has 3 rings (SSSR count). The van der Waals surface area contributed by atoms with E-state index in [2.05, 4.69) is 44.0 Å². The Morgan fingerprint density at radius 2 is 1.75 bits per heavy atom. The van der Waals surface area contributed by atoms with Crippen molar-refractivity contribution in [3.05, 3.63) is 97.9 Å². The number of hydrogen-bond donors (Lipinski definition) is 0. The molecule has 0 radical (unpaired) electrons. The van der Waals surface area contributed by atoms with Gasteiger partial charge in [-0.3, -0.25) is 0 Å². The zero-order valence-electron chi connectivity index (χ0n) is 14.7. The second-order valence-corrected chi connectivity index (χ2v) is 7.71. The average molecular weight is 494 g/mol. The highest BCUT2D eigenvalue weighted by molar-refractivity contribution is 9.11. The van der Waals surface area contributed by atoms with Gasteiger partial charge in [-0.25, -0.2) is 0 Å². The molecule has 0 spiro atoms. The zero-order valence-corrected chi connectivity index (χ0v) is 17.9. The van der Waals surface area contributed by atoms with Gasteiger partial charge in [-0.05, 0) is 57.4 Å². The molecule has 3 aromatic carbocycles. The van der Waals surface area contributed by atoms with E-state index in [1.54, 1.807) is 24.3 Å². The zero-order chi connectivity index (χ0) is 19.9. The molecule has 28 heavy (non-hydrogen) atoms. The Hall–Kier alpha value is -2.86. The van der Waals surface area contributed by atoms with Crippen molar-refractivity contribution in [2.45, 2.75) is 6.61 Å². The van der Waals surface area contributed by atoms with E-state index in [4.69, 9.17) is 10.00 Å². The highest BCUT2D eigenvalue weighted by Gasteiger charge is 2.12. The molecule has 0 fully saturated rings. The van der Waals surface area contributed by atoms with Crippen LogP contribution in [0.4, 0.5) is 0 Å². The van der Waals surface area contributed by atoms with Crippen LogP contribution in [0.25, 0.3) is 11.6 Å². The summed E-state index contributed by atoms with van der Waals surface area (Å²) in [6.45, 7) is 0.410. The van der Waals surface area contributed by atoms with E-state index in [-0.39, 0.29) is 0 Å². The molecule has 0 aliphatic rings. The number of nitrogens with zero attached hydrogens (tertiary/aromatic N) is 2. The summed E-state index contributed by atoms with van der Waals surface area (Å²) in [5.74, 6) is 0.649. The molecule has 0 N–H and O–H groups in total. The van der Waals surface area contributed by atoms with Crippen LogP contribution in [-0.2, 0) is 6.61 Å². The van der Waals surface area contributed by atoms with Crippen LogP contribution in [0, 0.1) is 22.7 Å². The summed E-state index contributed by atoms with van der Waals surface area (Å²) < 4.78 is 7.71. The minimum absolute atomic E-state index is 0.410. The van der Waals surface area contributed by atoms with E-state index in [1.807, 2.05) is 48.5 Å². The van der Waals surface area contributed by atoms with E-state index in [1.165, 1.54) is 0 Å². The second kappa shape index (κ2) is 9.37. The number of benzene rings is 3. The Bertz CT molecular complexity index is 1110. The van der Waals surface area contributed by atoms with Crippen molar-refractivity contribution < 1.29 is 4.74 Å². The lowest BCUT2D eigenvalue weighted by atomic mass is 10.0. The van der Waals surface area contributed by atoms with Crippen LogP contribution >= 0.6 is 31.9 Å². The molecule has 0 atom stereocenters. The summed E-state index contributed by atoms with van der Waals surface area (Å²) in [6.07, 6.45) is 1.77. The number of nitriles is 2. The summed E-state index contributed by atoms with van der Waals surface area (Å²) in [5.41, 5.74) is 3.46. The molecule has 3 nitrogen and oxygen atoms in total. The number of allylic oxidation sites excluding steroid dienone is 1. The first-order chi connectivity index (χ1) is 13.6. The molecule has 136 valence electrons. The highest BCUT2D eigenvalue weighted by Crippen LogP contribution is 2.36. The lowest BCUT2D eigenvalue weighted by Gasteiger charge is -2.13. The van der Waals surface area contributed by atoms with Crippen LogP contribution in [0.15, 0.2) is 75.7 Å². The highest BCUT2D eigenvalue weighted by atomic mass is 79.9. The Labute approximate surface area is 180 Å². The molecule has 0 unspecified atom stereocenters. The summed E-state index contributed by atoms with van der Waals surface area (Å²) >= 11 is 7.05. The molecule has 0 aliphatic heterocycles. The molecule has 0 amide bonds. The summed E-state index contributed by atoms with van der Waals surface area (Å²) in [7, 11) is 0. The van der Waals surface area contributed by atoms with Crippen molar-refractivity contribution in [2.24, 2.45) is 0 Å². The Morgan fingerprint density at radius 1 is 0.964 bits per heavy atom. The third kappa shape index (κ3) is 4.89. The molecule has 0 saturated carbocycles. The summed E-state index contributed by atoms with van der Waals surface area (Å²) in [4.78, 5) is 0. The van der Waals surface area contributed by atoms with E-state index >= 15 is 0 Å². The first-order valence-electron chi connectivity index (χ1n) is 8.39. The normalized spacial score (nSPS) is 10.8. The summed E-state index contributed by atoms with van der Waals surface area (Å²) in [6, 6.07) is 25.0. The minimum atomic E-state index is 0.410. The molecule has 0 bridgehead atoms. The van der Waals surface area contributed by atoms with Crippen molar-refractivity contribution >= 4 is 43.5 Å². The number of ether oxygens (including phenoxy) is 1. The van der Waals surface area contributed by atoms with Crippen LogP contribution in [0.1, 0.15) is 22.3 Å². The Morgan fingerprint density at radius 3 is 2.46 bits per heavy atom. The first-order valence-corrected chi connectivity index (χ1v) is 9.97. The van der Waals surface area contributed by atoms with Crippen LogP contribution in [0.2, 0.25) is 0 Å². The van der Waals surface area contributed by atoms with Gasteiger partial charge in [0.2, 0.25) is 0 Å². The van der Waals surface area contributed by atoms with Crippen LogP contribution in [0.3, 0.4) is 0 Å². The topological polar surface area (TPSA) is 56.8 Å². The molecular formula is C23H14Br2N2O. The van der Waals surface area contributed by atoms with Gasteiger partial charge in [0.05, 0.1) is 27.7 Å². The van der Waals surface area contributed by atoms with Gasteiger partial charge >= 0.3 is 0 Å². The smallest absolute Gasteiger partial charge is 0.141 e. The van der Waals surface area contributed by atoms with Gasteiger partial charge in [0.25, 0.3) is 0 Å². The summed E-state index contributed by atoms with van der Waals surface area (Å²) in [5, 5.41) is 18.8. The largest absolute Gasteiger partial charge is 0.487 e. The van der Waals surface area contributed by atoms with Crippen LogP contribution in [0.5, 0.6) is 5.75 Å². The van der Waals surface area contributed by atoms with E-state index in [9.17, 15) is 5.26 Å². The van der Waals surface area contributed by atoms with Crippen molar-refractivity contribution in [2.75, 3.05) is 0 Å². The predicted octanol–water partition coefficient (Wildman–Crippen LogP) is 6.73. The third-order valence-corrected chi connectivity index (χ3v) is 5.03. The molecule has 0 aliphatic carbocycles. The van der Waals surface area contributed by atoms with Crippen molar-refractivity contribution in [3.63, 3.8) is 0 Å². The fourth-order valence-corrected chi connectivity index (χ4v) is 4.03. The number of hydrogen-bond acceptors (Lipinski definition) is 3. The van der Waals surface area contributed by atoms with Crippen LogP contribution in [-0.4, -0.2) is 0 Å². The first kappa shape index (κ1) is 19.9. The molecule has 0 saturated heterocycles. The maximum absolute atomic E-state index is 9.68. The van der Waals surface area contributed by atoms with Gasteiger partial charge in [0.1, 0.15) is 12.4 Å². The number of halogens is 2. The standard InChI is InChI=1S/C23H14Br2N2O/c24-21-11-19(10-20(14-27)18-8-4-7-17(9-18)13-26)23(22(25)12-21)28-15-16-5-2-1-3-6-16/h1-12H,15H2/b20-10-. The maximum atomic E-state index is 9.68. The van der Waals surface area contributed by atoms with Gasteiger partial charge in [0, 0.05) is 10.0 Å². The SMILES string of the molecule is N#C/C(=C/c1cc(Br)cc(Br)c1OCc1ccccc1)c1cccc(C#N)c1. The monoisotopic (exact) mass is 492 g/mol. The van der Waals surface area contributed by atoms with Crippen molar-refractivity contribution in [3.8, 4) is 17.9 Å². The Balaban J connectivity index is 2.01. The van der Waals surface area contributed by atoms with Crippen molar-refractivity contribution in [1.29, 1.82) is 10.5 Å². The fourth-order valence-electron chi connectivity index (χ4n) is 2.66. The third-order valence-electron chi connectivity index (χ3n) is 3.99. The van der Waals surface area contributed by atoms with Crippen molar-refractivity contribution in [1.82, 2.24) is 0 Å². The molecule has 5 heteroatoms. The van der Waals surface area contributed by atoms with Gasteiger partial charge in [0.15, 0.2) is 0 Å². The predicted molar refractivity (Wildman–Crippen MR) is 117 cm³/mol. The van der Waals surface area contributed by atoms with Gasteiger partial charge in [-0.1, -0.05) is 58.4 Å². The Kier molecular flexibility index (Phi) is 6.66. The van der Waals surface area contributed by atoms with Gasteiger partial charge < -0.3 is 4.74 Å². The lowest BCUT2D eigenvalue weighted by molar-refractivity contribution is 0.303. The molecule has 0 heterocycles. The van der Waals surface area contributed by atoms with E-state index < -0.39 is 0 Å². The number of rotatable bonds is 5. The second-order valence-electron chi connectivity index (χ2n) is 5.94. The fraction of sp³-hybridized carbons (Fsp3) is 0.0435. The van der Waals surface area contributed by atoms with Gasteiger partial charge in [-0.2, -0.15) is 10.5 Å². The molecular weight excluding hydrogens is 480 g/mol. The molecule has 3 aromatic rings. The molecule has 0 aromatic heterocycles. The quantitative estimate of drug-likeness (QED) is 0.292. The average Bonchev–Trinajstić information content (AvgIpc) is 2.72. The lowest BCUT2D eigenvalue weighted by Crippen LogP contribution is -1.98. The maximum Gasteiger partial charge on any atom is 0.141 e. The van der Waals surface area contributed by atoms with Gasteiger partial charge in [-0.15, -0.1) is 0 Å². The van der Waals surface area contributed by atoms with Crippen LogP contribution < -0.4 is 4.74 Å². The van der Waals surface area contributed by atoms with E-state index in [0.29, 0.717) is 29.1 Å². The minimum Gasteiger partial charge on any atom is -0.487 e. The van der Waals surface area contributed by atoms with E-state index in [0.717, 1.165) is 20.1 Å².